The molecule has 18 heavy (non-hydrogen) atoms. The lowest BCUT2D eigenvalue weighted by Crippen LogP contribution is -2.36. The maximum atomic E-state index is 12.1. The zero-order valence-corrected chi connectivity index (χ0v) is 11.2. The van der Waals surface area contributed by atoms with Gasteiger partial charge < -0.3 is 0 Å². The van der Waals surface area contributed by atoms with E-state index in [1.165, 1.54) is 24.3 Å². The maximum absolute atomic E-state index is 12.1. The average molecular weight is 285 g/mol. The standard InChI is InChI=1S/C12H13ClN2O2S/c13-10-4-6-11(7-5-10)18(16,17)15-12-3-1-2-9(12)8-14/h4-7,9,12,15H,1-3H2. The van der Waals surface area contributed by atoms with E-state index < -0.39 is 10.0 Å². The first-order valence-corrected chi connectivity index (χ1v) is 7.56. The molecule has 0 aromatic heterocycles. The summed E-state index contributed by atoms with van der Waals surface area (Å²) in [7, 11) is -3.56. The van der Waals surface area contributed by atoms with Crippen molar-refractivity contribution in [2.75, 3.05) is 0 Å². The second-order valence-corrected chi connectivity index (χ2v) is 6.50. The second kappa shape index (κ2) is 5.27. The van der Waals surface area contributed by atoms with E-state index in [-0.39, 0.29) is 16.9 Å². The van der Waals surface area contributed by atoms with Gasteiger partial charge in [-0.15, -0.1) is 0 Å². The Labute approximate surface area is 112 Å². The predicted octanol–water partition coefficient (Wildman–Crippen LogP) is 2.31. The van der Waals surface area contributed by atoms with Crippen LogP contribution in [0.1, 0.15) is 19.3 Å². The molecular formula is C12H13ClN2O2S. The molecular weight excluding hydrogens is 272 g/mol. The lowest BCUT2D eigenvalue weighted by atomic mass is 10.1. The summed E-state index contributed by atoms with van der Waals surface area (Å²) < 4.78 is 26.8. The van der Waals surface area contributed by atoms with Crippen LogP contribution >= 0.6 is 11.6 Å². The predicted molar refractivity (Wildman–Crippen MR) is 68.5 cm³/mol. The fourth-order valence-corrected chi connectivity index (χ4v) is 3.57. The molecule has 0 amide bonds. The Kier molecular flexibility index (Phi) is 3.91. The summed E-state index contributed by atoms with van der Waals surface area (Å²) in [5, 5.41) is 9.43. The number of sulfonamides is 1. The quantitative estimate of drug-likeness (QED) is 0.926. The molecule has 0 saturated heterocycles. The monoisotopic (exact) mass is 284 g/mol. The summed E-state index contributed by atoms with van der Waals surface area (Å²) in [6.45, 7) is 0. The van der Waals surface area contributed by atoms with E-state index in [9.17, 15) is 8.42 Å². The van der Waals surface area contributed by atoms with Crippen LogP contribution in [0.3, 0.4) is 0 Å². The fourth-order valence-electron chi connectivity index (χ4n) is 2.14. The Morgan fingerprint density at radius 3 is 2.56 bits per heavy atom. The minimum Gasteiger partial charge on any atom is -0.207 e. The van der Waals surface area contributed by atoms with Gasteiger partial charge in [-0.1, -0.05) is 18.0 Å². The van der Waals surface area contributed by atoms with Crippen LogP contribution in [-0.4, -0.2) is 14.5 Å². The topological polar surface area (TPSA) is 70.0 Å². The van der Waals surface area contributed by atoms with E-state index >= 15 is 0 Å². The van der Waals surface area contributed by atoms with E-state index in [0.717, 1.165) is 12.8 Å². The van der Waals surface area contributed by atoms with E-state index in [4.69, 9.17) is 16.9 Å². The lowest BCUT2D eigenvalue weighted by molar-refractivity contribution is 0.515. The number of hydrogen-bond donors (Lipinski definition) is 1. The normalized spacial score (nSPS) is 23.8. The van der Waals surface area contributed by atoms with Gasteiger partial charge in [0.2, 0.25) is 10.0 Å². The molecule has 0 aliphatic heterocycles. The molecule has 1 aliphatic carbocycles. The van der Waals surface area contributed by atoms with Gasteiger partial charge in [0, 0.05) is 11.1 Å². The van der Waals surface area contributed by atoms with Gasteiger partial charge >= 0.3 is 0 Å². The zero-order valence-electron chi connectivity index (χ0n) is 9.64. The molecule has 4 nitrogen and oxygen atoms in total. The third-order valence-corrected chi connectivity index (χ3v) is 4.87. The summed E-state index contributed by atoms with van der Waals surface area (Å²) >= 11 is 5.72. The number of benzene rings is 1. The summed E-state index contributed by atoms with van der Waals surface area (Å²) in [6, 6.07) is 7.85. The summed E-state index contributed by atoms with van der Waals surface area (Å²) in [4.78, 5) is 0.176. The average Bonchev–Trinajstić information content (AvgIpc) is 2.76. The van der Waals surface area contributed by atoms with Crippen molar-refractivity contribution in [3.8, 4) is 6.07 Å². The van der Waals surface area contributed by atoms with E-state index in [0.29, 0.717) is 11.4 Å². The second-order valence-electron chi connectivity index (χ2n) is 4.35. The molecule has 1 aliphatic rings. The third-order valence-electron chi connectivity index (χ3n) is 3.11. The first-order valence-electron chi connectivity index (χ1n) is 5.70. The lowest BCUT2D eigenvalue weighted by Gasteiger charge is -2.15. The van der Waals surface area contributed by atoms with Crippen LogP contribution in [0.4, 0.5) is 0 Å². The highest BCUT2D eigenvalue weighted by molar-refractivity contribution is 7.89. The van der Waals surface area contributed by atoms with Gasteiger partial charge in [-0.3, -0.25) is 0 Å². The molecule has 0 heterocycles. The molecule has 1 saturated carbocycles. The van der Waals surface area contributed by atoms with Gasteiger partial charge in [-0.2, -0.15) is 5.26 Å². The molecule has 1 aromatic carbocycles. The van der Waals surface area contributed by atoms with Crippen molar-refractivity contribution in [2.45, 2.75) is 30.2 Å². The van der Waals surface area contributed by atoms with E-state index in [1.807, 2.05) is 0 Å². The molecule has 2 unspecified atom stereocenters. The Morgan fingerprint density at radius 1 is 1.28 bits per heavy atom. The smallest absolute Gasteiger partial charge is 0.207 e. The van der Waals surface area contributed by atoms with Gasteiger partial charge in [0.05, 0.1) is 16.9 Å². The van der Waals surface area contributed by atoms with Crippen molar-refractivity contribution in [3.05, 3.63) is 29.3 Å². The van der Waals surface area contributed by atoms with Crippen LogP contribution in [0.15, 0.2) is 29.2 Å². The van der Waals surface area contributed by atoms with Crippen LogP contribution in [0.25, 0.3) is 0 Å². The molecule has 0 spiro atoms. The minimum absolute atomic E-state index is 0.176. The van der Waals surface area contributed by atoms with Crippen molar-refractivity contribution in [2.24, 2.45) is 5.92 Å². The van der Waals surface area contributed by atoms with Gasteiger partial charge in [-0.05, 0) is 37.1 Å². The fraction of sp³-hybridized carbons (Fsp3) is 0.417. The van der Waals surface area contributed by atoms with Gasteiger partial charge in [0.15, 0.2) is 0 Å². The molecule has 1 fully saturated rings. The largest absolute Gasteiger partial charge is 0.240 e. The first-order chi connectivity index (χ1) is 8.53. The Balaban J connectivity index is 2.17. The Hall–Kier alpha value is -1.09. The van der Waals surface area contributed by atoms with Crippen molar-refractivity contribution < 1.29 is 8.42 Å². The van der Waals surface area contributed by atoms with Crippen LogP contribution < -0.4 is 4.72 Å². The SMILES string of the molecule is N#CC1CCCC1NS(=O)(=O)c1ccc(Cl)cc1. The van der Waals surface area contributed by atoms with Gasteiger partial charge in [0.25, 0.3) is 0 Å². The van der Waals surface area contributed by atoms with E-state index in [1.54, 1.807) is 0 Å². The molecule has 0 bridgehead atoms. The van der Waals surface area contributed by atoms with Crippen LogP contribution in [0, 0.1) is 17.2 Å². The molecule has 1 N–H and O–H groups in total. The molecule has 2 atom stereocenters. The van der Waals surface area contributed by atoms with Gasteiger partial charge in [-0.25, -0.2) is 13.1 Å². The summed E-state index contributed by atoms with van der Waals surface area (Å²) in [5.41, 5.74) is 0. The highest BCUT2D eigenvalue weighted by Crippen LogP contribution is 2.26. The third kappa shape index (κ3) is 2.83. The van der Waals surface area contributed by atoms with Crippen molar-refractivity contribution in [1.82, 2.24) is 4.72 Å². The summed E-state index contributed by atoms with van der Waals surface area (Å²) in [5.74, 6) is -0.230. The molecule has 2 rings (SSSR count). The van der Waals surface area contributed by atoms with Crippen molar-refractivity contribution in [1.29, 1.82) is 5.26 Å². The first kappa shape index (κ1) is 13.3. The van der Waals surface area contributed by atoms with Crippen LogP contribution in [0.2, 0.25) is 5.02 Å². The minimum atomic E-state index is -3.56. The van der Waals surface area contributed by atoms with Crippen LogP contribution in [-0.2, 0) is 10.0 Å². The molecule has 96 valence electrons. The number of rotatable bonds is 3. The number of nitrogens with zero attached hydrogens (tertiary/aromatic N) is 1. The number of halogens is 1. The zero-order chi connectivity index (χ0) is 13.2. The Bertz CT molecular complexity index is 563. The van der Waals surface area contributed by atoms with Crippen molar-refractivity contribution in [3.63, 3.8) is 0 Å². The molecule has 6 heteroatoms. The van der Waals surface area contributed by atoms with Gasteiger partial charge in [0.1, 0.15) is 0 Å². The van der Waals surface area contributed by atoms with Crippen molar-refractivity contribution >= 4 is 21.6 Å². The van der Waals surface area contributed by atoms with Crippen LogP contribution in [0.5, 0.6) is 0 Å². The maximum Gasteiger partial charge on any atom is 0.240 e. The summed E-state index contributed by atoms with van der Waals surface area (Å²) in [6.07, 6.45) is 2.35. The highest BCUT2D eigenvalue weighted by atomic mass is 35.5. The van der Waals surface area contributed by atoms with E-state index in [2.05, 4.69) is 10.8 Å². The number of nitriles is 1. The number of hydrogen-bond acceptors (Lipinski definition) is 3. The molecule has 0 radical (unpaired) electrons. The highest BCUT2D eigenvalue weighted by Gasteiger charge is 2.31. The number of nitrogens with one attached hydrogen (secondary N) is 1. The molecule has 1 aromatic rings. The Morgan fingerprint density at radius 2 is 1.94 bits per heavy atom.